The van der Waals surface area contributed by atoms with Gasteiger partial charge in [0.25, 0.3) is 0 Å². The smallest absolute Gasteiger partial charge is 0.158 e. The number of aromatic nitrogens is 2. The Morgan fingerprint density at radius 3 is 2.35 bits per heavy atom. The number of hydrogen-bond acceptors (Lipinski definition) is 5. The summed E-state index contributed by atoms with van der Waals surface area (Å²) in [7, 11) is 1.67. The summed E-state index contributed by atoms with van der Waals surface area (Å²) in [5.41, 5.74) is 0. The third-order valence-corrected chi connectivity index (χ3v) is 2.90. The molecule has 0 radical (unpaired) electrons. The van der Waals surface area contributed by atoms with Crippen LogP contribution in [0.15, 0.2) is 6.07 Å². The Morgan fingerprint density at radius 1 is 1.10 bits per heavy atom. The van der Waals surface area contributed by atoms with Crippen LogP contribution in [-0.4, -0.2) is 36.7 Å². The topological polar surface area (TPSA) is 50.3 Å². The van der Waals surface area contributed by atoms with Crippen LogP contribution in [0.1, 0.15) is 45.9 Å². The standard InChI is InChI=1S/C15H28N4O/c1-5-8-16-13-11-15(18-14(17-13)12-20-4)19(9-6-2)10-7-3/h11H,5-10,12H2,1-4H3,(H,16,17,18). The zero-order chi connectivity index (χ0) is 14.8. The van der Waals surface area contributed by atoms with E-state index in [4.69, 9.17) is 4.74 Å². The molecule has 0 unspecified atom stereocenters. The van der Waals surface area contributed by atoms with Crippen LogP contribution in [-0.2, 0) is 11.3 Å². The molecule has 1 rings (SSSR count). The summed E-state index contributed by atoms with van der Waals surface area (Å²) in [6.45, 7) is 9.93. The molecule has 1 aromatic rings. The molecule has 0 aliphatic heterocycles. The SMILES string of the molecule is CCCNc1cc(N(CCC)CCC)nc(COC)n1. The van der Waals surface area contributed by atoms with Crippen molar-refractivity contribution >= 4 is 11.6 Å². The molecule has 1 heterocycles. The van der Waals surface area contributed by atoms with Gasteiger partial charge in [-0.2, -0.15) is 0 Å². The van der Waals surface area contributed by atoms with Crippen molar-refractivity contribution in [1.82, 2.24) is 9.97 Å². The Labute approximate surface area is 122 Å². The Bertz CT molecular complexity index is 378. The van der Waals surface area contributed by atoms with E-state index in [1.807, 2.05) is 6.07 Å². The lowest BCUT2D eigenvalue weighted by molar-refractivity contribution is 0.178. The van der Waals surface area contributed by atoms with E-state index in [9.17, 15) is 0 Å². The molecule has 0 saturated heterocycles. The maximum atomic E-state index is 5.17. The van der Waals surface area contributed by atoms with Gasteiger partial charge in [-0.1, -0.05) is 20.8 Å². The number of methoxy groups -OCH3 is 1. The van der Waals surface area contributed by atoms with Crippen molar-refractivity contribution in [1.29, 1.82) is 0 Å². The van der Waals surface area contributed by atoms with E-state index in [1.54, 1.807) is 7.11 Å². The molecular formula is C15H28N4O. The molecule has 0 amide bonds. The molecule has 0 aliphatic rings. The Morgan fingerprint density at radius 2 is 1.80 bits per heavy atom. The predicted molar refractivity (Wildman–Crippen MR) is 84.3 cm³/mol. The highest BCUT2D eigenvalue weighted by molar-refractivity contribution is 5.49. The van der Waals surface area contributed by atoms with Gasteiger partial charge in [-0.25, -0.2) is 9.97 Å². The third-order valence-electron chi connectivity index (χ3n) is 2.90. The summed E-state index contributed by atoms with van der Waals surface area (Å²) >= 11 is 0. The molecule has 0 fully saturated rings. The number of anilines is 2. The molecule has 0 aliphatic carbocycles. The van der Waals surface area contributed by atoms with Gasteiger partial charge in [0.15, 0.2) is 5.82 Å². The fourth-order valence-electron chi connectivity index (χ4n) is 2.06. The summed E-state index contributed by atoms with van der Waals surface area (Å²) < 4.78 is 5.17. The molecule has 0 saturated carbocycles. The Kier molecular flexibility index (Phi) is 7.95. The normalized spacial score (nSPS) is 10.6. The maximum absolute atomic E-state index is 5.17. The molecule has 5 nitrogen and oxygen atoms in total. The average molecular weight is 280 g/mol. The highest BCUT2D eigenvalue weighted by Crippen LogP contribution is 2.17. The second-order valence-corrected chi connectivity index (χ2v) is 4.87. The van der Waals surface area contributed by atoms with Crippen LogP contribution < -0.4 is 10.2 Å². The van der Waals surface area contributed by atoms with Gasteiger partial charge >= 0.3 is 0 Å². The van der Waals surface area contributed by atoms with E-state index in [2.05, 4.69) is 41.0 Å². The number of rotatable bonds is 10. The van der Waals surface area contributed by atoms with Crippen molar-refractivity contribution in [2.24, 2.45) is 0 Å². The second-order valence-electron chi connectivity index (χ2n) is 4.87. The molecule has 5 heteroatoms. The van der Waals surface area contributed by atoms with E-state index in [-0.39, 0.29) is 0 Å². The minimum Gasteiger partial charge on any atom is -0.377 e. The molecule has 20 heavy (non-hydrogen) atoms. The lowest BCUT2D eigenvalue weighted by Crippen LogP contribution is -2.26. The summed E-state index contributed by atoms with van der Waals surface area (Å²) in [5, 5.41) is 3.34. The zero-order valence-corrected chi connectivity index (χ0v) is 13.3. The quantitative estimate of drug-likeness (QED) is 0.714. The molecule has 1 aromatic heterocycles. The van der Waals surface area contributed by atoms with E-state index in [1.165, 1.54) is 0 Å². The molecule has 0 spiro atoms. The Balaban J connectivity index is 2.97. The molecule has 0 aromatic carbocycles. The van der Waals surface area contributed by atoms with Gasteiger partial charge in [0.1, 0.15) is 18.2 Å². The third kappa shape index (κ3) is 5.33. The van der Waals surface area contributed by atoms with Crippen molar-refractivity contribution in [2.75, 3.05) is 37.0 Å². The van der Waals surface area contributed by atoms with Crippen LogP contribution in [0.3, 0.4) is 0 Å². The lowest BCUT2D eigenvalue weighted by Gasteiger charge is -2.23. The number of ether oxygens (including phenoxy) is 1. The van der Waals surface area contributed by atoms with Crippen LogP contribution in [0, 0.1) is 0 Å². The van der Waals surface area contributed by atoms with Gasteiger partial charge in [-0.15, -0.1) is 0 Å². The summed E-state index contributed by atoms with van der Waals surface area (Å²) in [6, 6.07) is 2.04. The van der Waals surface area contributed by atoms with Gasteiger partial charge in [-0.05, 0) is 19.3 Å². The van der Waals surface area contributed by atoms with Gasteiger partial charge in [0.05, 0.1) is 0 Å². The highest BCUT2D eigenvalue weighted by Gasteiger charge is 2.10. The summed E-state index contributed by atoms with van der Waals surface area (Å²) in [4.78, 5) is 11.4. The van der Waals surface area contributed by atoms with Gasteiger partial charge in [-0.3, -0.25) is 0 Å². The number of hydrogen-bond donors (Lipinski definition) is 1. The molecular weight excluding hydrogens is 252 g/mol. The van der Waals surface area contributed by atoms with Crippen LogP contribution in [0.2, 0.25) is 0 Å². The van der Waals surface area contributed by atoms with E-state index < -0.39 is 0 Å². The molecule has 114 valence electrons. The first-order valence-corrected chi connectivity index (χ1v) is 7.60. The van der Waals surface area contributed by atoms with Crippen molar-refractivity contribution in [2.45, 2.75) is 46.6 Å². The van der Waals surface area contributed by atoms with Gasteiger partial charge < -0.3 is 15.0 Å². The minimum atomic E-state index is 0.445. The highest BCUT2D eigenvalue weighted by atomic mass is 16.5. The number of nitrogens with one attached hydrogen (secondary N) is 1. The van der Waals surface area contributed by atoms with Crippen molar-refractivity contribution in [3.05, 3.63) is 11.9 Å². The zero-order valence-electron chi connectivity index (χ0n) is 13.3. The first-order valence-electron chi connectivity index (χ1n) is 7.60. The fraction of sp³-hybridized carbons (Fsp3) is 0.733. The first-order chi connectivity index (χ1) is 9.74. The van der Waals surface area contributed by atoms with Crippen LogP contribution in [0.5, 0.6) is 0 Å². The van der Waals surface area contributed by atoms with Gasteiger partial charge in [0.2, 0.25) is 0 Å². The average Bonchev–Trinajstić information content (AvgIpc) is 2.45. The fourth-order valence-corrected chi connectivity index (χ4v) is 2.06. The lowest BCUT2D eigenvalue weighted by atomic mass is 10.3. The molecule has 0 bridgehead atoms. The van der Waals surface area contributed by atoms with E-state index >= 15 is 0 Å². The van der Waals surface area contributed by atoms with E-state index in [0.717, 1.165) is 56.4 Å². The molecule has 0 atom stereocenters. The maximum Gasteiger partial charge on any atom is 0.158 e. The minimum absolute atomic E-state index is 0.445. The predicted octanol–water partition coefficient (Wildman–Crippen LogP) is 3.07. The monoisotopic (exact) mass is 280 g/mol. The molecule has 1 N–H and O–H groups in total. The largest absolute Gasteiger partial charge is 0.377 e. The first kappa shape index (κ1) is 16.7. The van der Waals surface area contributed by atoms with Crippen LogP contribution in [0.25, 0.3) is 0 Å². The van der Waals surface area contributed by atoms with Crippen molar-refractivity contribution in [3.63, 3.8) is 0 Å². The van der Waals surface area contributed by atoms with E-state index in [0.29, 0.717) is 6.61 Å². The second kappa shape index (κ2) is 9.53. The number of nitrogens with zero attached hydrogens (tertiary/aromatic N) is 3. The summed E-state index contributed by atoms with van der Waals surface area (Å²) in [6.07, 6.45) is 3.30. The van der Waals surface area contributed by atoms with Crippen LogP contribution in [0.4, 0.5) is 11.6 Å². The van der Waals surface area contributed by atoms with Gasteiger partial charge in [0, 0.05) is 32.8 Å². The van der Waals surface area contributed by atoms with Crippen molar-refractivity contribution in [3.8, 4) is 0 Å². The van der Waals surface area contributed by atoms with Crippen molar-refractivity contribution < 1.29 is 4.74 Å². The van der Waals surface area contributed by atoms with Crippen LogP contribution >= 0.6 is 0 Å². The summed E-state index contributed by atoms with van der Waals surface area (Å²) in [5.74, 6) is 2.62. The Hall–Kier alpha value is -1.36.